The number of sulfone groups is 1. The van der Waals surface area contributed by atoms with E-state index in [-0.39, 0.29) is 17.5 Å². The number of carbonyl (C=O) groups is 1. The summed E-state index contributed by atoms with van der Waals surface area (Å²) in [6, 6.07) is 1.00. The zero-order valence-corrected chi connectivity index (χ0v) is 7.10. The highest BCUT2D eigenvalue weighted by molar-refractivity contribution is 7.91. The van der Waals surface area contributed by atoms with Crippen LogP contribution in [0.4, 0.5) is 0 Å². The van der Waals surface area contributed by atoms with Crippen LogP contribution in [0.2, 0.25) is 0 Å². The van der Waals surface area contributed by atoms with Crippen LogP contribution >= 0.6 is 0 Å². The second-order valence-corrected chi connectivity index (χ2v) is 4.91. The van der Waals surface area contributed by atoms with Crippen molar-refractivity contribution in [3.8, 4) is 6.07 Å². The smallest absolute Gasteiger partial charge is 0.322 e. The van der Waals surface area contributed by atoms with Crippen molar-refractivity contribution >= 4 is 15.7 Å². The first kappa shape index (κ1) is 9.00. The first-order valence-corrected chi connectivity index (χ1v) is 5.26. The molecule has 1 aliphatic rings. The number of hydrogen-bond donors (Lipinski definition) is 1. The topological polar surface area (TPSA) is 87.0 Å². The predicted molar refractivity (Wildman–Crippen MR) is 40.8 cm³/mol. The van der Waals surface area contributed by atoms with Gasteiger partial charge >= 0.3 is 5.91 Å². The average Bonchev–Trinajstić information content (AvgIpc) is 2.30. The lowest BCUT2D eigenvalue weighted by Gasteiger charge is -2.05. The summed E-state index contributed by atoms with van der Waals surface area (Å²) in [4.78, 5) is 10.5. The fraction of sp³-hybridized carbons (Fsp3) is 0.667. The number of amides is 1. The SMILES string of the molecule is N#CC(=O)NC1CCS(=O)(=O)C1. The van der Waals surface area contributed by atoms with Gasteiger partial charge in [-0.2, -0.15) is 5.26 Å². The Morgan fingerprint density at radius 1 is 1.58 bits per heavy atom. The van der Waals surface area contributed by atoms with Gasteiger partial charge in [0.1, 0.15) is 0 Å². The van der Waals surface area contributed by atoms with Crippen molar-refractivity contribution in [1.29, 1.82) is 5.26 Å². The lowest BCUT2D eigenvalue weighted by Crippen LogP contribution is -2.34. The number of hydrogen-bond acceptors (Lipinski definition) is 4. The van der Waals surface area contributed by atoms with E-state index in [1.807, 2.05) is 0 Å². The van der Waals surface area contributed by atoms with E-state index in [0.29, 0.717) is 6.42 Å². The van der Waals surface area contributed by atoms with E-state index in [1.54, 1.807) is 0 Å². The fourth-order valence-electron chi connectivity index (χ4n) is 1.13. The molecule has 0 aromatic rings. The second kappa shape index (κ2) is 3.11. The Morgan fingerprint density at radius 2 is 2.25 bits per heavy atom. The molecule has 1 N–H and O–H groups in total. The number of carbonyl (C=O) groups excluding carboxylic acids is 1. The van der Waals surface area contributed by atoms with E-state index in [2.05, 4.69) is 5.32 Å². The van der Waals surface area contributed by atoms with Crippen LogP contribution in [-0.4, -0.2) is 31.9 Å². The monoisotopic (exact) mass is 188 g/mol. The molecule has 6 heteroatoms. The molecule has 0 spiro atoms. The molecule has 1 unspecified atom stereocenters. The molecular formula is C6H8N2O3S. The van der Waals surface area contributed by atoms with Gasteiger partial charge in [0.25, 0.3) is 0 Å². The summed E-state index contributed by atoms with van der Waals surface area (Å²) in [5.41, 5.74) is 0. The van der Waals surface area contributed by atoms with Crippen LogP contribution in [0.25, 0.3) is 0 Å². The minimum Gasteiger partial charge on any atom is -0.340 e. The molecule has 0 aromatic carbocycles. The average molecular weight is 188 g/mol. The third-order valence-corrected chi connectivity index (χ3v) is 3.44. The summed E-state index contributed by atoms with van der Waals surface area (Å²) in [6.45, 7) is 0. The first-order chi connectivity index (χ1) is 5.53. The summed E-state index contributed by atoms with van der Waals surface area (Å²) >= 11 is 0. The van der Waals surface area contributed by atoms with Crippen LogP contribution in [0.15, 0.2) is 0 Å². The standard InChI is InChI=1S/C6H8N2O3S/c7-3-6(9)8-5-1-2-12(10,11)4-5/h5H,1-2,4H2,(H,8,9). The lowest BCUT2D eigenvalue weighted by molar-refractivity contribution is -0.116. The van der Waals surface area contributed by atoms with E-state index in [9.17, 15) is 13.2 Å². The van der Waals surface area contributed by atoms with Gasteiger partial charge in [0.15, 0.2) is 15.9 Å². The maximum Gasteiger partial charge on any atom is 0.322 e. The molecule has 1 rings (SSSR count). The highest BCUT2D eigenvalue weighted by Crippen LogP contribution is 2.10. The second-order valence-electron chi connectivity index (χ2n) is 2.69. The Morgan fingerprint density at radius 3 is 2.67 bits per heavy atom. The van der Waals surface area contributed by atoms with Crippen LogP contribution < -0.4 is 5.32 Å². The highest BCUT2D eigenvalue weighted by Gasteiger charge is 2.28. The van der Waals surface area contributed by atoms with Crippen molar-refractivity contribution in [1.82, 2.24) is 5.32 Å². The summed E-state index contributed by atoms with van der Waals surface area (Å²) < 4.78 is 21.8. The molecule has 0 aromatic heterocycles. The number of nitrogens with zero attached hydrogens (tertiary/aromatic N) is 1. The van der Waals surface area contributed by atoms with Crippen molar-refractivity contribution < 1.29 is 13.2 Å². The Labute approximate surface area is 70.3 Å². The summed E-state index contributed by atoms with van der Waals surface area (Å²) in [5, 5.41) is 10.4. The number of nitrogens with one attached hydrogen (secondary N) is 1. The van der Waals surface area contributed by atoms with Gasteiger partial charge in [-0.3, -0.25) is 4.79 Å². The molecular weight excluding hydrogens is 180 g/mol. The molecule has 0 aliphatic carbocycles. The van der Waals surface area contributed by atoms with Gasteiger partial charge in [0.05, 0.1) is 11.5 Å². The normalized spacial score (nSPS) is 26.1. The Bertz CT molecular complexity index is 327. The van der Waals surface area contributed by atoms with E-state index in [0.717, 1.165) is 0 Å². The molecule has 0 radical (unpaired) electrons. The third kappa shape index (κ3) is 2.20. The van der Waals surface area contributed by atoms with Crippen molar-refractivity contribution in [2.24, 2.45) is 0 Å². The minimum atomic E-state index is -2.97. The molecule has 1 amide bonds. The first-order valence-electron chi connectivity index (χ1n) is 3.44. The van der Waals surface area contributed by atoms with Gasteiger partial charge in [-0.25, -0.2) is 8.42 Å². The van der Waals surface area contributed by atoms with Crippen molar-refractivity contribution in [2.75, 3.05) is 11.5 Å². The van der Waals surface area contributed by atoms with E-state index in [4.69, 9.17) is 5.26 Å². The maximum atomic E-state index is 10.9. The zero-order valence-electron chi connectivity index (χ0n) is 6.28. The van der Waals surface area contributed by atoms with E-state index < -0.39 is 15.7 Å². The molecule has 12 heavy (non-hydrogen) atoms. The van der Waals surface area contributed by atoms with Crippen molar-refractivity contribution in [2.45, 2.75) is 12.5 Å². The van der Waals surface area contributed by atoms with Gasteiger partial charge in [0.2, 0.25) is 0 Å². The van der Waals surface area contributed by atoms with E-state index >= 15 is 0 Å². The zero-order chi connectivity index (χ0) is 9.19. The fourth-order valence-corrected chi connectivity index (χ4v) is 2.80. The molecule has 1 fully saturated rings. The molecule has 66 valence electrons. The molecule has 0 saturated carbocycles. The molecule has 0 bridgehead atoms. The minimum absolute atomic E-state index is 0.0413. The third-order valence-electron chi connectivity index (χ3n) is 1.67. The van der Waals surface area contributed by atoms with Crippen LogP contribution in [-0.2, 0) is 14.6 Å². The van der Waals surface area contributed by atoms with Crippen LogP contribution in [0, 0.1) is 11.3 Å². The Balaban J connectivity index is 2.50. The van der Waals surface area contributed by atoms with Gasteiger partial charge in [-0.1, -0.05) is 0 Å². The Kier molecular flexibility index (Phi) is 2.33. The predicted octanol–water partition coefficient (Wildman–Crippen LogP) is -1.19. The molecule has 1 saturated heterocycles. The van der Waals surface area contributed by atoms with Crippen LogP contribution in [0.5, 0.6) is 0 Å². The summed E-state index contributed by atoms with van der Waals surface area (Å²) in [7, 11) is -2.97. The summed E-state index contributed by atoms with van der Waals surface area (Å²) in [6.07, 6.45) is 0.412. The van der Waals surface area contributed by atoms with Gasteiger partial charge in [0, 0.05) is 6.04 Å². The molecule has 1 heterocycles. The highest BCUT2D eigenvalue weighted by atomic mass is 32.2. The molecule has 1 atom stereocenters. The van der Waals surface area contributed by atoms with E-state index in [1.165, 1.54) is 6.07 Å². The number of rotatable bonds is 1. The number of nitriles is 1. The largest absolute Gasteiger partial charge is 0.340 e. The van der Waals surface area contributed by atoms with Crippen molar-refractivity contribution in [3.63, 3.8) is 0 Å². The summed E-state index contributed by atoms with van der Waals surface area (Å²) in [5.74, 6) is -0.707. The maximum absolute atomic E-state index is 10.9. The molecule has 5 nitrogen and oxygen atoms in total. The van der Waals surface area contributed by atoms with Crippen LogP contribution in [0.3, 0.4) is 0 Å². The Hall–Kier alpha value is -1.09. The van der Waals surface area contributed by atoms with Crippen LogP contribution in [0.1, 0.15) is 6.42 Å². The lowest BCUT2D eigenvalue weighted by atomic mass is 10.3. The van der Waals surface area contributed by atoms with Crippen molar-refractivity contribution in [3.05, 3.63) is 0 Å². The molecule has 1 aliphatic heterocycles. The van der Waals surface area contributed by atoms with Gasteiger partial charge in [-0.15, -0.1) is 0 Å². The van der Waals surface area contributed by atoms with Gasteiger partial charge < -0.3 is 5.32 Å². The quantitative estimate of drug-likeness (QED) is 0.524. The van der Waals surface area contributed by atoms with Gasteiger partial charge in [-0.05, 0) is 6.42 Å².